The highest BCUT2D eigenvalue weighted by molar-refractivity contribution is 5.28. The first-order valence-electron chi connectivity index (χ1n) is 4.97. The summed E-state index contributed by atoms with van der Waals surface area (Å²) < 4.78 is 6.91. The predicted octanol–water partition coefficient (Wildman–Crippen LogP) is -0.560. The maximum Gasteiger partial charge on any atom is 0.230 e. The lowest BCUT2D eigenvalue weighted by Gasteiger charge is -2.26. The van der Waals surface area contributed by atoms with E-state index < -0.39 is 0 Å². The van der Waals surface area contributed by atoms with Gasteiger partial charge in [0.05, 0.1) is 13.2 Å². The SMILES string of the molecule is Cc1nc(N2CCOCC2)nc(=N)n1C. The number of hydrogen-bond acceptors (Lipinski definition) is 5. The fourth-order valence-electron chi connectivity index (χ4n) is 1.47. The summed E-state index contributed by atoms with van der Waals surface area (Å²) in [6, 6.07) is 0. The normalized spacial score (nSPS) is 16.8. The van der Waals surface area contributed by atoms with E-state index in [2.05, 4.69) is 14.9 Å². The van der Waals surface area contributed by atoms with Crippen LogP contribution in [0.15, 0.2) is 0 Å². The quantitative estimate of drug-likeness (QED) is 0.673. The number of ether oxygens (including phenoxy) is 1. The average Bonchev–Trinajstić information content (AvgIpc) is 2.26. The number of nitrogens with one attached hydrogen (secondary N) is 1. The van der Waals surface area contributed by atoms with Crippen LogP contribution in [-0.4, -0.2) is 40.8 Å². The summed E-state index contributed by atoms with van der Waals surface area (Å²) in [5.41, 5.74) is 0.240. The summed E-state index contributed by atoms with van der Waals surface area (Å²) in [4.78, 5) is 10.6. The highest BCUT2D eigenvalue weighted by Crippen LogP contribution is 2.07. The standard InChI is InChI=1S/C9H15N5O/c1-7-11-9(12-8(10)13(7)2)14-3-5-15-6-4-14/h10H,3-6H2,1-2H3. The van der Waals surface area contributed by atoms with Gasteiger partial charge < -0.3 is 14.2 Å². The number of aromatic nitrogens is 3. The molecular weight excluding hydrogens is 194 g/mol. The molecule has 0 unspecified atom stereocenters. The summed E-state index contributed by atoms with van der Waals surface area (Å²) in [6.45, 7) is 4.89. The topological polar surface area (TPSA) is 67.0 Å². The number of rotatable bonds is 1. The Morgan fingerprint density at radius 2 is 1.93 bits per heavy atom. The molecule has 0 aromatic carbocycles. The molecule has 2 rings (SSSR count). The van der Waals surface area contributed by atoms with Crippen LogP contribution in [0, 0.1) is 12.3 Å². The molecule has 1 aromatic heterocycles. The second kappa shape index (κ2) is 3.98. The van der Waals surface area contributed by atoms with Crippen molar-refractivity contribution in [2.75, 3.05) is 31.2 Å². The molecule has 6 heteroatoms. The van der Waals surface area contributed by atoms with E-state index in [-0.39, 0.29) is 5.62 Å². The van der Waals surface area contributed by atoms with Crippen LogP contribution < -0.4 is 10.5 Å². The third-order valence-corrected chi connectivity index (χ3v) is 2.56. The Labute approximate surface area is 88.0 Å². The third-order valence-electron chi connectivity index (χ3n) is 2.56. The number of anilines is 1. The van der Waals surface area contributed by atoms with Gasteiger partial charge in [-0.15, -0.1) is 0 Å². The van der Waals surface area contributed by atoms with Gasteiger partial charge in [-0.1, -0.05) is 0 Å². The summed E-state index contributed by atoms with van der Waals surface area (Å²) in [7, 11) is 1.79. The zero-order valence-electron chi connectivity index (χ0n) is 9.03. The molecule has 0 bridgehead atoms. The van der Waals surface area contributed by atoms with Gasteiger partial charge in [0, 0.05) is 20.1 Å². The van der Waals surface area contributed by atoms with E-state index in [0.717, 1.165) is 18.9 Å². The van der Waals surface area contributed by atoms with Crippen molar-refractivity contribution in [3.63, 3.8) is 0 Å². The molecule has 6 nitrogen and oxygen atoms in total. The predicted molar refractivity (Wildman–Crippen MR) is 54.6 cm³/mol. The maximum atomic E-state index is 7.67. The molecule has 0 radical (unpaired) electrons. The van der Waals surface area contributed by atoms with E-state index in [1.165, 1.54) is 0 Å². The lowest BCUT2D eigenvalue weighted by atomic mass is 10.4. The van der Waals surface area contributed by atoms with E-state index in [1.807, 2.05) is 6.92 Å². The van der Waals surface area contributed by atoms with E-state index in [0.29, 0.717) is 19.2 Å². The van der Waals surface area contributed by atoms with Crippen molar-refractivity contribution in [2.24, 2.45) is 7.05 Å². The number of morpholine rings is 1. The Hall–Kier alpha value is -1.43. The second-order valence-corrected chi connectivity index (χ2v) is 3.55. The van der Waals surface area contributed by atoms with Crippen LogP contribution in [0.4, 0.5) is 5.95 Å². The highest BCUT2D eigenvalue weighted by atomic mass is 16.5. The molecule has 2 heterocycles. The number of hydrogen-bond donors (Lipinski definition) is 1. The number of aryl methyl sites for hydroxylation is 1. The lowest BCUT2D eigenvalue weighted by molar-refractivity contribution is 0.122. The first-order valence-corrected chi connectivity index (χ1v) is 4.97. The molecule has 0 aliphatic carbocycles. The van der Waals surface area contributed by atoms with Gasteiger partial charge in [0.1, 0.15) is 5.82 Å². The molecule has 1 saturated heterocycles. The van der Waals surface area contributed by atoms with Crippen LogP contribution in [0.5, 0.6) is 0 Å². The maximum absolute atomic E-state index is 7.67. The molecule has 1 fully saturated rings. The monoisotopic (exact) mass is 209 g/mol. The summed E-state index contributed by atoms with van der Waals surface area (Å²) >= 11 is 0. The van der Waals surface area contributed by atoms with Crippen LogP contribution in [0.2, 0.25) is 0 Å². The molecule has 0 amide bonds. The Morgan fingerprint density at radius 1 is 1.27 bits per heavy atom. The van der Waals surface area contributed by atoms with E-state index >= 15 is 0 Å². The van der Waals surface area contributed by atoms with E-state index in [1.54, 1.807) is 11.6 Å². The summed E-state index contributed by atoms with van der Waals surface area (Å²) in [5.74, 6) is 1.44. The summed E-state index contributed by atoms with van der Waals surface area (Å²) in [6.07, 6.45) is 0. The van der Waals surface area contributed by atoms with Crippen molar-refractivity contribution in [3.8, 4) is 0 Å². The highest BCUT2D eigenvalue weighted by Gasteiger charge is 2.14. The van der Waals surface area contributed by atoms with Gasteiger partial charge in [-0.2, -0.15) is 9.97 Å². The van der Waals surface area contributed by atoms with Gasteiger partial charge in [0.25, 0.3) is 0 Å². The summed E-state index contributed by atoms with van der Waals surface area (Å²) in [5, 5.41) is 7.67. The van der Waals surface area contributed by atoms with Crippen LogP contribution in [0.25, 0.3) is 0 Å². The third kappa shape index (κ3) is 1.99. The van der Waals surface area contributed by atoms with Crippen molar-refractivity contribution in [3.05, 3.63) is 11.4 Å². The van der Waals surface area contributed by atoms with Crippen molar-refractivity contribution >= 4 is 5.95 Å². The molecule has 1 aliphatic heterocycles. The molecule has 0 saturated carbocycles. The zero-order valence-corrected chi connectivity index (χ0v) is 9.03. The Kier molecular flexibility index (Phi) is 2.68. The van der Waals surface area contributed by atoms with Gasteiger partial charge in [-0.3, -0.25) is 5.41 Å². The van der Waals surface area contributed by atoms with Crippen LogP contribution in [-0.2, 0) is 11.8 Å². The lowest BCUT2D eigenvalue weighted by Crippen LogP contribution is -2.39. The fourth-order valence-corrected chi connectivity index (χ4v) is 1.47. The van der Waals surface area contributed by atoms with Crippen molar-refractivity contribution in [1.82, 2.24) is 14.5 Å². The number of nitrogens with zero attached hydrogens (tertiary/aromatic N) is 4. The van der Waals surface area contributed by atoms with E-state index in [4.69, 9.17) is 10.1 Å². The molecule has 82 valence electrons. The second-order valence-electron chi connectivity index (χ2n) is 3.55. The molecule has 0 atom stereocenters. The average molecular weight is 209 g/mol. The molecule has 1 aromatic rings. The first-order chi connectivity index (χ1) is 7.18. The Bertz CT molecular complexity index is 407. The molecule has 1 aliphatic rings. The van der Waals surface area contributed by atoms with Gasteiger partial charge in [-0.05, 0) is 6.92 Å². The minimum absolute atomic E-state index is 0.240. The van der Waals surface area contributed by atoms with Gasteiger partial charge in [0.2, 0.25) is 11.6 Å². The molecular formula is C9H15N5O. The minimum Gasteiger partial charge on any atom is -0.378 e. The fraction of sp³-hybridized carbons (Fsp3) is 0.667. The Balaban J connectivity index is 2.32. The van der Waals surface area contributed by atoms with Crippen molar-refractivity contribution < 1.29 is 4.74 Å². The van der Waals surface area contributed by atoms with Crippen molar-refractivity contribution in [2.45, 2.75) is 6.92 Å². The smallest absolute Gasteiger partial charge is 0.230 e. The molecule has 1 N–H and O–H groups in total. The first kappa shape index (κ1) is 10.1. The molecule has 15 heavy (non-hydrogen) atoms. The molecule has 0 spiro atoms. The largest absolute Gasteiger partial charge is 0.378 e. The van der Waals surface area contributed by atoms with Gasteiger partial charge in [0.15, 0.2) is 0 Å². The zero-order chi connectivity index (χ0) is 10.8. The van der Waals surface area contributed by atoms with Gasteiger partial charge >= 0.3 is 0 Å². The Morgan fingerprint density at radius 3 is 2.53 bits per heavy atom. The minimum atomic E-state index is 0.240. The van der Waals surface area contributed by atoms with Crippen LogP contribution >= 0.6 is 0 Å². The van der Waals surface area contributed by atoms with Gasteiger partial charge in [-0.25, -0.2) is 0 Å². The van der Waals surface area contributed by atoms with Crippen molar-refractivity contribution in [1.29, 1.82) is 5.41 Å². The van der Waals surface area contributed by atoms with E-state index in [9.17, 15) is 0 Å². The van der Waals surface area contributed by atoms with Crippen LogP contribution in [0.3, 0.4) is 0 Å². The van der Waals surface area contributed by atoms with Crippen LogP contribution in [0.1, 0.15) is 5.82 Å².